The van der Waals surface area contributed by atoms with Gasteiger partial charge in [-0.3, -0.25) is 4.79 Å². The lowest BCUT2D eigenvalue weighted by Crippen LogP contribution is -2.32. The Balaban J connectivity index is 1.92. The van der Waals surface area contributed by atoms with Crippen molar-refractivity contribution in [3.63, 3.8) is 0 Å². The molecule has 0 saturated carbocycles. The SMILES string of the molecule is CCCC(C)C(=O)C1CC2CCC1N2. The molecule has 2 saturated heterocycles. The molecular weight excluding hydrogens is 174 g/mol. The predicted octanol–water partition coefficient (Wildman–Crippen LogP) is 2.13. The van der Waals surface area contributed by atoms with E-state index in [0.717, 1.165) is 19.3 Å². The molecule has 0 aromatic carbocycles. The molecule has 0 amide bonds. The molecule has 4 unspecified atom stereocenters. The first kappa shape index (κ1) is 10.2. The van der Waals surface area contributed by atoms with Crippen LogP contribution in [0.15, 0.2) is 0 Å². The van der Waals surface area contributed by atoms with Crippen molar-refractivity contribution in [2.45, 2.75) is 58.0 Å². The highest BCUT2D eigenvalue weighted by atomic mass is 16.1. The van der Waals surface area contributed by atoms with Crippen LogP contribution in [0.25, 0.3) is 0 Å². The standard InChI is InChI=1S/C12H21NO/c1-3-4-8(2)12(14)10-7-9-5-6-11(10)13-9/h8-11,13H,3-7H2,1-2H3. The Labute approximate surface area is 86.5 Å². The second kappa shape index (κ2) is 4.01. The van der Waals surface area contributed by atoms with Crippen LogP contribution >= 0.6 is 0 Å². The minimum Gasteiger partial charge on any atom is -0.310 e. The lowest BCUT2D eigenvalue weighted by molar-refractivity contribution is -0.127. The van der Waals surface area contributed by atoms with Crippen LogP contribution in [0.1, 0.15) is 46.0 Å². The topological polar surface area (TPSA) is 29.1 Å². The normalized spacial score (nSPS) is 37.4. The van der Waals surface area contributed by atoms with Gasteiger partial charge in [0.1, 0.15) is 5.78 Å². The van der Waals surface area contributed by atoms with E-state index < -0.39 is 0 Å². The number of fused-ring (bicyclic) bond motifs is 2. The predicted molar refractivity (Wildman–Crippen MR) is 57.1 cm³/mol. The fraction of sp³-hybridized carbons (Fsp3) is 0.917. The lowest BCUT2D eigenvalue weighted by atomic mass is 9.81. The Kier molecular flexibility index (Phi) is 2.91. The van der Waals surface area contributed by atoms with Crippen molar-refractivity contribution in [3.05, 3.63) is 0 Å². The average molecular weight is 195 g/mol. The van der Waals surface area contributed by atoms with Gasteiger partial charge in [0.05, 0.1) is 0 Å². The third kappa shape index (κ3) is 1.72. The molecule has 0 aliphatic carbocycles. The minimum absolute atomic E-state index is 0.283. The molecule has 1 N–H and O–H groups in total. The molecule has 0 aromatic heterocycles. The van der Waals surface area contributed by atoms with E-state index >= 15 is 0 Å². The van der Waals surface area contributed by atoms with Crippen LogP contribution in [0.2, 0.25) is 0 Å². The van der Waals surface area contributed by atoms with Crippen LogP contribution in [0.3, 0.4) is 0 Å². The van der Waals surface area contributed by atoms with Crippen molar-refractivity contribution in [3.8, 4) is 0 Å². The third-order valence-corrected chi connectivity index (χ3v) is 3.87. The molecule has 0 aromatic rings. The number of nitrogens with one attached hydrogen (secondary N) is 1. The first-order valence-electron chi connectivity index (χ1n) is 6.02. The number of ketones is 1. The van der Waals surface area contributed by atoms with E-state index in [1.165, 1.54) is 12.8 Å². The fourth-order valence-electron chi connectivity index (χ4n) is 3.08. The number of hydrogen-bond acceptors (Lipinski definition) is 2. The molecule has 2 aliphatic heterocycles. The molecule has 2 heteroatoms. The summed E-state index contributed by atoms with van der Waals surface area (Å²) in [7, 11) is 0. The first-order chi connectivity index (χ1) is 6.72. The number of rotatable bonds is 4. The highest BCUT2D eigenvalue weighted by Crippen LogP contribution is 2.35. The van der Waals surface area contributed by atoms with Gasteiger partial charge in [0, 0.05) is 23.9 Å². The van der Waals surface area contributed by atoms with Gasteiger partial charge < -0.3 is 5.32 Å². The van der Waals surface area contributed by atoms with E-state index in [2.05, 4.69) is 19.2 Å². The summed E-state index contributed by atoms with van der Waals surface area (Å²) in [6.07, 6.45) is 5.81. The summed E-state index contributed by atoms with van der Waals surface area (Å²) in [5, 5.41) is 3.53. The maximum Gasteiger partial charge on any atom is 0.140 e. The van der Waals surface area contributed by atoms with Crippen molar-refractivity contribution in [2.24, 2.45) is 11.8 Å². The summed E-state index contributed by atoms with van der Waals surface area (Å²) in [4.78, 5) is 12.1. The zero-order chi connectivity index (χ0) is 10.1. The van der Waals surface area contributed by atoms with Gasteiger partial charge in [0.15, 0.2) is 0 Å². The molecule has 2 fully saturated rings. The number of carbonyl (C=O) groups is 1. The van der Waals surface area contributed by atoms with Gasteiger partial charge in [0.2, 0.25) is 0 Å². The highest BCUT2D eigenvalue weighted by molar-refractivity contribution is 5.84. The van der Waals surface area contributed by atoms with E-state index in [4.69, 9.17) is 0 Å². The Bertz CT molecular complexity index is 226. The molecule has 0 radical (unpaired) electrons. The fourth-order valence-corrected chi connectivity index (χ4v) is 3.08. The molecule has 2 rings (SSSR count). The second-order valence-corrected chi connectivity index (χ2v) is 4.98. The van der Waals surface area contributed by atoms with E-state index in [0.29, 0.717) is 23.8 Å². The number of carbonyl (C=O) groups excluding carboxylic acids is 1. The van der Waals surface area contributed by atoms with E-state index in [1.807, 2.05) is 0 Å². The van der Waals surface area contributed by atoms with Crippen molar-refractivity contribution in [2.75, 3.05) is 0 Å². The van der Waals surface area contributed by atoms with Crippen LogP contribution in [0.4, 0.5) is 0 Å². The van der Waals surface area contributed by atoms with Gasteiger partial charge in [-0.15, -0.1) is 0 Å². The van der Waals surface area contributed by atoms with Crippen molar-refractivity contribution < 1.29 is 4.79 Å². The van der Waals surface area contributed by atoms with E-state index in [9.17, 15) is 4.79 Å². The van der Waals surface area contributed by atoms with Gasteiger partial charge in [0.25, 0.3) is 0 Å². The van der Waals surface area contributed by atoms with E-state index in [1.54, 1.807) is 0 Å². The lowest BCUT2D eigenvalue weighted by Gasteiger charge is -2.22. The van der Waals surface area contributed by atoms with Gasteiger partial charge in [-0.25, -0.2) is 0 Å². The first-order valence-corrected chi connectivity index (χ1v) is 6.02. The van der Waals surface area contributed by atoms with Gasteiger partial charge in [-0.2, -0.15) is 0 Å². The van der Waals surface area contributed by atoms with Crippen molar-refractivity contribution >= 4 is 5.78 Å². The Morgan fingerprint density at radius 3 is 2.79 bits per heavy atom. The molecular formula is C12H21NO. The Morgan fingerprint density at radius 1 is 1.50 bits per heavy atom. The molecule has 4 atom stereocenters. The Morgan fingerprint density at radius 2 is 2.29 bits per heavy atom. The molecule has 80 valence electrons. The van der Waals surface area contributed by atoms with Crippen LogP contribution in [-0.4, -0.2) is 17.9 Å². The summed E-state index contributed by atoms with van der Waals surface area (Å²) in [6, 6.07) is 1.18. The van der Waals surface area contributed by atoms with E-state index in [-0.39, 0.29) is 5.92 Å². The van der Waals surface area contributed by atoms with Crippen LogP contribution < -0.4 is 5.32 Å². The van der Waals surface area contributed by atoms with Gasteiger partial charge in [-0.05, 0) is 25.7 Å². The maximum absolute atomic E-state index is 12.1. The second-order valence-electron chi connectivity index (χ2n) is 4.98. The summed E-state index contributed by atoms with van der Waals surface area (Å²) in [5.41, 5.74) is 0. The zero-order valence-electron chi connectivity index (χ0n) is 9.25. The van der Waals surface area contributed by atoms with Crippen molar-refractivity contribution in [1.29, 1.82) is 0 Å². The zero-order valence-corrected chi connectivity index (χ0v) is 9.25. The molecule has 2 aliphatic rings. The number of Topliss-reactive ketones (excluding diaryl/α,β-unsaturated/α-hetero) is 1. The summed E-state index contributed by atoms with van der Waals surface area (Å²) >= 11 is 0. The molecule has 2 nitrogen and oxygen atoms in total. The summed E-state index contributed by atoms with van der Waals surface area (Å²) < 4.78 is 0. The smallest absolute Gasteiger partial charge is 0.140 e. The number of hydrogen-bond donors (Lipinski definition) is 1. The Hall–Kier alpha value is -0.370. The minimum atomic E-state index is 0.283. The maximum atomic E-state index is 12.1. The third-order valence-electron chi connectivity index (χ3n) is 3.87. The van der Waals surface area contributed by atoms with Crippen LogP contribution in [0, 0.1) is 11.8 Å². The van der Waals surface area contributed by atoms with Crippen LogP contribution in [0.5, 0.6) is 0 Å². The molecule has 14 heavy (non-hydrogen) atoms. The van der Waals surface area contributed by atoms with Crippen LogP contribution in [-0.2, 0) is 4.79 Å². The monoisotopic (exact) mass is 195 g/mol. The van der Waals surface area contributed by atoms with Gasteiger partial charge >= 0.3 is 0 Å². The average Bonchev–Trinajstić information content (AvgIpc) is 2.77. The highest BCUT2D eigenvalue weighted by Gasteiger charge is 2.43. The molecule has 2 bridgehead atoms. The summed E-state index contributed by atoms with van der Waals surface area (Å²) in [6.45, 7) is 4.25. The molecule has 2 heterocycles. The summed E-state index contributed by atoms with van der Waals surface area (Å²) in [5.74, 6) is 1.15. The van der Waals surface area contributed by atoms with Gasteiger partial charge in [-0.1, -0.05) is 20.3 Å². The van der Waals surface area contributed by atoms with Crippen molar-refractivity contribution in [1.82, 2.24) is 5.32 Å². The molecule has 0 spiro atoms. The largest absolute Gasteiger partial charge is 0.310 e. The quantitative estimate of drug-likeness (QED) is 0.744.